The van der Waals surface area contributed by atoms with E-state index >= 15 is 4.79 Å². The molecule has 0 saturated carbocycles. The van der Waals surface area contributed by atoms with Gasteiger partial charge in [0.05, 0.1) is 55.2 Å². The van der Waals surface area contributed by atoms with Crippen molar-refractivity contribution in [3.05, 3.63) is 155 Å². The molecule has 122 heavy (non-hydrogen) atoms. The van der Waals surface area contributed by atoms with Gasteiger partial charge in [0.15, 0.2) is 43.7 Å². The van der Waals surface area contributed by atoms with Gasteiger partial charge in [0, 0.05) is 117 Å². The molecule has 0 spiro atoms. The Morgan fingerprint density at radius 2 is 0.803 bits per heavy atom. The van der Waals surface area contributed by atoms with Gasteiger partial charge in [0.25, 0.3) is 11.8 Å². The number of pyridine rings is 3. The number of phenols is 1. The first-order valence-corrected chi connectivity index (χ1v) is 40.3. The Morgan fingerprint density at radius 3 is 1.24 bits per heavy atom. The first-order chi connectivity index (χ1) is 58.5. The number of phenolic OH excluding ortho intramolecular Hbond substituents is 1. The molecule has 6 aliphatic rings. The van der Waals surface area contributed by atoms with Crippen LogP contribution < -0.4 is 32.3 Å². The predicted molar refractivity (Wildman–Crippen MR) is 419 cm³/mol. The van der Waals surface area contributed by atoms with Gasteiger partial charge in [-0.3, -0.25) is 48.7 Å². The Kier molecular flexibility index (Phi) is 34.3. The molecule has 0 radical (unpaired) electrons. The highest BCUT2D eigenvalue weighted by Crippen LogP contribution is 2.39. The quantitative estimate of drug-likeness (QED) is 0.0177. The third-order valence-corrected chi connectivity index (χ3v) is 21.9. The van der Waals surface area contributed by atoms with Crippen LogP contribution in [-0.2, 0) is 127 Å². The van der Waals surface area contributed by atoms with Crippen LogP contribution in [0.15, 0.2) is 116 Å². The molecule has 20 N–H and O–H groups in total. The van der Waals surface area contributed by atoms with Crippen LogP contribution in [0.25, 0.3) is 0 Å². The molecule has 2 aromatic carbocycles. The number of aromatic hydroxyl groups is 1. The minimum atomic E-state index is -2.29. The summed E-state index contributed by atoms with van der Waals surface area (Å²) in [5.74, 6) is -4.10. The van der Waals surface area contributed by atoms with E-state index in [2.05, 4.69) is 51.3 Å². The van der Waals surface area contributed by atoms with Gasteiger partial charge < -0.3 is 156 Å². The molecule has 6 fully saturated rings. The molecule has 0 aliphatic carbocycles. The lowest BCUT2D eigenvalue weighted by atomic mass is 9.92. The first-order valence-electron chi connectivity index (χ1n) is 40.3. The number of nitrogens with two attached hydrogens (primary N) is 1. The summed E-state index contributed by atoms with van der Waals surface area (Å²) in [5.41, 5.74) is 10.4. The number of rotatable bonds is 36. The van der Waals surface area contributed by atoms with Crippen LogP contribution in [0.5, 0.6) is 5.75 Å². The number of aliphatic hydroxyl groups excluding tert-OH is 12. The Balaban J connectivity index is 0.841. The zero-order valence-electron chi connectivity index (χ0n) is 68.0. The monoisotopic (exact) mass is 1720 g/mol. The summed E-state index contributed by atoms with van der Waals surface area (Å²) in [6.45, 7) is 4.94. The average Bonchev–Trinajstić information content (AvgIpc) is 0.764. The second kappa shape index (κ2) is 44.2. The summed E-state index contributed by atoms with van der Waals surface area (Å²) in [5, 5.41) is 165. The van der Waals surface area contributed by atoms with Gasteiger partial charge in [-0.2, -0.15) is 0 Å². The van der Waals surface area contributed by atoms with Crippen molar-refractivity contribution in [1.29, 1.82) is 0 Å². The van der Waals surface area contributed by atoms with E-state index in [1.54, 1.807) is 36.8 Å². The van der Waals surface area contributed by atoms with E-state index in [-0.39, 0.29) is 44.9 Å². The number of carbonyl (C=O) groups excluding carboxylic acids is 5. The summed E-state index contributed by atoms with van der Waals surface area (Å²) in [6.07, 6.45) is -44.4. The predicted octanol–water partition coefficient (Wildman–Crippen LogP) is -6.17. The lowest BCUT2D eigenvalue weighted by molar-refractivity contribution is -0.378. The maximum absolute atomic E-state index is 15.3. The number of amides is 5. The standard InChI is InChI=1S/C81H113N11O30/c1-39-54(88-41(3)96)58(100)68(51(36-93)112-39)118-81-66(108)63(105)72(74(122-81)76(110)86-26-21-45-28-46(31-91(30-44-16-8-7-9-17-44)33-48-18-10-13-23-83-48)57(99)47(29-45)32-92(34-49-19-11-14-24-84-49)35-50-20-12-15-25-85-50)120-78-56(90-43(5)98)60(102)69(52(37-94)115-78)117-79-64(106)61(103)67(40(2)113-79)116-77-55(89-42(4)97)59(101)70(53(38-95)114-77)119-80-65(107)62(104)71(111-6)73(121-80)75(109)87-27-22-82/h7-20,23-25,28-29,39-40,51-56,58-74,77-81,93-95,99-108H,21-22,26-27,30-38,82H2,1-6H3,(H,86,110)(H,87,109)(H,88,96)(H,89,97)(H,90,98)/t39-,40?,51?,52?,53?,54?,55?,56?,58+,59+,60+,61+,62+,63+,64?,65?,66?,67+,68+,69+,70+,71-,72-,73?,74?,77-,78-,79-,80+,81+/m0/s1. The average molecular weight is 1720 g/mol. The molecule has 41 heteroatoms. The second-order valence-electron chi connectivity index (χ2n) is 31.0. The van der Waals surface area contributed by atoms with Crippen molar-refractivity contribution in [3.63, 3.8) is 0 Å². The molecule has 0 bridgehead atoms. The SMILES string of the molecule is CO[C@@H]1C(C(=O)NCCN)O[C@@H](O[C@@H]2C(CO)O[C@@H](O[C@@H]3C(C)O[C@@H](O[C@@H]4C(CO)O[C@@H](O[C@@H]5C(C(=O)NCCc6cc(CN(Cc7ccccc7)Cc7ccccn7)c(O)c(CN(Cc7ccccn7)Cc7ccccn7)c6)O[C@@H](O[C@@H]6C(CO)O[C@@H](C)C(NC(C)=O)[C@H]6O)C(O)[C@H]5O)C(NC(C)=O)[C@H]4O)C(O)[C@H]3O)C(NC(C)=O)[C@H]2O)C(O)[C@H]1O. The Hall–Kier alpha value is -8.04. The Bertz CT molecular complexity index is 3950. The van der Waals surface area contributed by atoms with E-state index < -0.39 is 233 Å². The molecule has 5 amide bonds. The molecule has 9 heterocycles. The fourth-order valence-electron chi connectivity index (χ4n) is 16.0. The van der Waals surface area contributed by atoms with Crippen LogP contribution in [0.3, 0.4) is 0 Å². The van der Waals surface area contributed by atoms with Crippen molar-refractivity contribution in [2.75, 3.05) is 46.6 Å². The number of aliphatic hydroxyl groups is 12. The highest BCUT2D eigenvalue weighted by atomic mass is 16.8. The van der Waals surface area contributed by atoms with E-state index in [4.69, 9.17) is 62.6 Å². The molecule has 6 aliphatic heterocycles. The molecule has 11 rings (SSSR count). The number of benzene rings is 2. The largest absolute Gasteiger partial charge is 0.507 e. The number of hydrogen-bond acceptors (Lipinski definition) is 36. The van der Waals surface area contributed by atoms with Gasteiger partial charge in [0.2, 0.25) is 17.7 Å². The minimum Gasteiger partial charge on any atom is -0.507 e. The van der Waals surface area contributed by atoms with Gasteiger partial charge in [-0.15, -0.1) is 0 Å². The topological polar surface area (TPSA) is 590 Å². The first kappa shape index (κ1) is 94.6. The smallest absolute Gasteiger partial charge is 0.252 e. The van der Waals surface area contributed by atoms with Crippen molar-refractivity contribution >= 4 is 29.5 Å². The summed E-state index contributed by atoms with van der Waals surface area (Å²) in [6, 6.07) is 25.4. The van der Waals surface area contributed by atoms with Crippen LogP contribution >= 0.6 is 0 Å². The molecule has 12 unspecified atom stereocenters. The molecule has 41 nitrogen and oxygen atoms in total. The summed E-state index contributed by atoms with van der Waals surface area (Å²) >= 11 is 0. The molecular weight excluding hydrogens is 1610 g/mol. The number of ether oxygens (including phenoxy) is 12. The molecule has 6 saturated heterocycles. The number of nitrogens with zero attached hydrogens (tertiary/aromatic N) is 5. The highest BCUT2D eigenvalue weighted by Gasteiger charge is 2.59. The van der Waals surface area contributed by atoms with Gasteiger partial charge in [0.1, 0.15) is 128 Å². The number of aromatic nitrogens is 3. The van der Waals surface area contributed by atoms with Crippen molar-refractivity contribution in [1.82, 2.24) is 51.3 Å². The third kappa shape index (κ3) is 23.5. The van der Waals surface area contributed by atoms with Gasteiger partial charge in [-0.1, -0.05) is 60.7 Å². The molecule has 3 aromatic heterocycles. The summed E-state index contributed by atoms with van der Waals surface area (Å²) in [4.78, 5) is 85.0. The molecule has 672 valence electrons. The lowest BCUT2D eigenvalue weighted by Crippen LogP contribution is -2.71. The van der Waals surface area contributed by atoms with E-state index in [0.717, 1.165) is 43.6 Å². The molecular formula is C81H113N11O30. The number of methoxy groups -OCH3 is 1. The van der Waals surface area contributed by atoms with Crippen molar-refractivity contribution in [2.24, 2.45) is 5.73 Å². The van der Waals surface area contributed by atoms with Crippen LogP contribution in [-0.4, -0.2) is 351 Å². The van der Waals surface area contributed by atoms with Gasteiger partial charge in [-0.05, 0) is 67.8 Å². The summed E-state index contributed by atoms with van der Waals surface area (Å²) in [7, 11) is 1.15. The number of carbonyl (C=O) groups is 5. The fraction of sp³-hybridized carbons (Fsp3) is 0.605. The van der Waals surface area contributed by atoms with E-state index in [9.17, 15) is 85.6 Å². The fourth-order valence-corrected chi connectivity index (χ4v) is 16.0. The third-order valence-electron chi connectivity index (χ3n) is 21.9. The highest BCUT2D eigenvalue weighted by molar-refractivity contribution is 5.82. The van der Waals surface area contributed by atoms with E-state index in [1.807, 2.05) is 78.9 Å². The van der Waals surface area contributed by atoms with Crippen molar-refractivity contribution in [2.45, 2.75) is 264 Å². The van der Waals surface area contributed by atoms with Crippen molar-refractivity contribution < 1.29 is 147 Å². The van der Waals surface area contributed by atoms with E-state index in [0.29, 0.717) is 42.9 Å². The van der Waals surface area contributed by atoms with Crippen LogP contribution in [0.4, 0.5) is 0 Å². The molecule has 30 atom stereocenters. The maximum atomic E-state index is 15.3. The van der Waals surface area contributed by atoms with Crippen LogP contribution in [0.1, 0.15) is 74.0 Å². The summed E-state index contributed by atoms with van der Waals surface area (Å²) < 4.78 is 72.6. The Labute approximate surface area is 702 Å². The van der Waals surface area contributed by atoms with Gasteiger partial charge in [-0.25, -0.2) is 0 Å². The normalized spacial score (nSPS) is 34.3. The maximum Gasteiger partial charge on any atom is 0.252 e. The van der Waals surface area contributed by atoms with E-state index in [1.165, 1.54) is 20.8 Å². The zero-order valence-corrected chi connectivity index (χ0v) is 68.0. The van der Waals surface area contributed by atoms with Crippen molar-refractivity contribution in [3.8, 4) is 5.75 Å². The van der Waals surface area contributed by atoms with Crippen LogP contribution in [0.2, 0.25) is 0 Å². The van der Waals surface area contributed by atoms with Gasteiger partial charge >= 0.3 is 0 Å². The zero-order chi connectivity index (χ0) is 87.8. The second-order valence-corrected chi connectivity index (χ2v) is 31.0. The Morgan fingerprint density at radius 1 is 0.418 bits per heavy atom. The minimum absolute atomic E-state index is 0.00403. The van der Waals surface area contributed by atoms with Crippen LogP contribution in [0, 0.1) is 0 Å². The number of hydrogen-bond donors (Lipinski definition) is 19. The number of nitrogens with one attached hydrogen (secondary N) is 5. The lowest BCUT2D eigenvalue weighted by Gasteiger charge is -2.50. The molecule has 5 aromatic rings.